The molecule has 1 saturated carbocycles. The molecule has 7 heteroatoms. The lowest BCUT2D eigenvalue weighted by molar-refractivity contribution is -0.146. The van der Waals surface area contributed by atoms with Crippen LogP contribution in [0, 0.1) is 11.3 Å². The zero-order chi connectivity index (χ0) is 16.4. The van der Waals surface area contributed by atoms with E-state index in [-0.39, 0.29) is 23.8 Å². The van der Waals surface area contributed by atoms with Crippen LogP contribution in [0.4, 0.5) is 0 Å². The maximum absolute atomic E-state index is 12.5. The van der Waals surface area contributed by atoms with E-state index in [1.165, 1.54) is 20.0 Å². The maximum Gasteiger partial charge on any atom is 0.328 e. The number of esters is 1. The highest BCUT2D eigenvalue weighted by molar-refractivity contribution is 5.88. The third kappa shape index (κ3) is 3.65. The minimum atomic E-state index is -0.764. The Labute approximate surface area is 135 Å². The van der Waals surface area contributed by atoms with Crippen LogP contribution >= 0.6 is 0 Å². The molecule has 3 N–H and O–H groups in total. The molecule has 0 aromatic rings. The predicted octanol–water partition coefficient (Wildman–Crippen LogP) is -0.297. The van der Waals surface area contributed by atoms with Gasteiger partial charge in [0.05, 0.1) is 13.2 Å². The third-order valence-electron chi connectivity index (χ3n) is 5.44. The summed E-state index contributed by atoms with van der Waals surface area (Å²) in [5.74, 6) is -0.950. The summed E-state index contributed by atoms with van der Waals surface area (Å²) in [5, 5.41) is 8.78. The van der Waals surface area contributed by atoms with Crippen LogP contribution in [0.2, 0.25) is 0 Å². The van der Waals surface area contributed by atoms with Crippen LogP contribution in [0.15, 0.2) is 0 Å². The zero-order valence-corrected chi connectivity index (χ0v) is 13.5. The summed E-state index contributed by atoms with van der Waals surface area (Å²) in [6, 6.07) is -1.02. The lowest BCUT2D eigenvalue weighted by Gasteiger charge is -2.30. The largest absolute Gasteiger partial charge is 0.467 e. The quantitative estimate of drug-likeness (QED) is 0.604. The van der Waals surface area contributed by atoms with Crippen molar-refractivity contribution >= 4 is 17.8 Å². The van der Waals surface area contributed by atoms with Crippen LogP contribution in [0.25, 0.3) is 0 Å². The molecular formula is C16H25N3O4. The van der Waals surface area contributed by atoms with E-state index in [2.05, 4.69) is 16.0 Å². The van der Waals surface area contributed by atoms with Gasteiger partial charge in [0.25, 0.3) is 0 Å². The molecule has 2 saturated heterocycles. The van der Waals surface area contributed by atoms with Gasteiger partial charge in [-0.1, -0.05) is 0 Å². The monoisotopic (exact) mass is 323 g/mol. The van der Waals surface area contributed by atoms with Gasteiger partial charge in [-0.05, 0) is 50.5 Å². The fraction of sp³-hybridized carbons (Fsp3) is 0.812. The van der Waals surface area contributed by atoms with Gasteiger partial charge in [0.1, 0.15) is 6.04 Å². The minimum Gasteiger partial charge on any atom is -0.467 e. The fourth-order valence-corrected chi connectivity index (χ4v) is 3.72. The van der Waals surface area contributed by atoms with Crippen LogP contribution < -0.4 is 16.0 Å². The van der Waals surface area contributed by atoms with Crippen molar-refractivity contribution in [3.8, 4) is 0 Å². The number of carbonyl (C=O) groups excluding carboxylic acids is 3. The third-order valence-corrected chi connectivity index (χ3v) is 5.44. The second-order valence-electron chi connectivity index (χ2n) is 7.06. The highest BCUT2D eigenvalue weighted by Gasteiger charge is 2.47. The molecule has 3 aliphatic rings. The van der Waals surface area contributed by atoms with Gasteiger partial charge in [0.15, 0.2) is 0 Å². The predicted molar refractivity (Wildman–Crippen MR) is 82.4 cm³/mol. The smallest absolute Gasteiger partial charge is 0.328 e. The first kappa shape index (κ1) is 16.2. The number of piperidine rings is 1. The van der Waals surface area contributed by atoms with Gasteiger partial charge in [-0.3, -0.25) is 9.59 Å². The molecule has 0 bridgehead atoms. The second-order valence-corrected chi connectivity index (χ2v) is 7.06. The van der Waals surface area contributed by atoms with Crippen LogP contribution in [0.3, 0.4) is 0 Å². The highest BCUT2D eigenvalue weighted by atomic mass is 16.5. The molecule has 128 valence electrons. The molecule has 0 aromatic heterocycles. The maximum atomic E-state index is 12.5. The van der Waals surface area contributed by atoms with Crippen LogP contribution in [0.5, 0.6) is 0 Å². The lowest BCUT2D eigenvalue weighted by atomic mass is 9.89. The Kier molecular flexibility index (Phi) is 4.57. The van der Waals surface area contributed by atoms with Crippen molar-refractivity contribution in [1.82, 2.24) is 16.0 Å². The summed E-state index contributed by atoms with van der Waals surface area (Å²) in [6.07, 6.45) is 5.33. The lowest BCUT2D eigenvalue weighted by Crippen LogP contribution is -2.54. The second kappa shape index (κ2) is 6.47. The number of carbonyl (C=O) groups is 3. The van der Waals surface area contributed by atoms with Gasteiger partial charge in [0, 0.05) is 12.5 Å². The molecule has 0 radical (unpaired) electrons. The van der Waals surface area contributed by atoms with E-state index >= 15 is 0 Å². The van der Waals surface area contributed by atoms with Crippen molar-refractivity contribution < 1.29 is 19.1 Å². The van der Waals surface area contributed by atoms with Crippen molar-refractivity contribution in [2.75, 3.05) is 20.2 Å². The zero-order valence-electron chi connectivity index (χ0n) is 13.5. The summed E-state index contributed by atoms with van der Waals surface area (Å²) >= 11 is 0. The molecule has 7 nitrogen and oxygen atoms in total. The highest BCUT2D eigenvalue weighted by Crippen LogP contribution is 2.53. The van der Waals surface area contributed by atoms with Gasteiger partial charge in [-0.2, -0.15) is 0 Å². The van der Waals surface area contributed by atoms with Gasteiger partial charge >= 0.3 is 5.97 Å². The van der Waals surface area contributed by atoms with E-state index < -0.39 is 12.0 Å². The molecule has 2 heterocycles. The molecule has 3 fully saturated rings. The van der Waals surface area contributed by atoms with Gasteiger partial charge in [-0.15, -0.1) is 0 Å². The van der Waals surface area contributed by atoms with E-state index in [1.807, 2.05) is 0 Å². The Morgan fingerprint density at radius 2 is 2.13 bits per heavy atom. The summed E-state index contributed by atoms with van der Waals surface area (Å²) in [7, 11) is 1.30. The normalized spacial score (nSPS) is 29.7. The molecule has 0 aromatic carbocycles. The molecule has 1 spiro atoms. The van der Waals surface area contributed by atoms with Gasteiger partial charge in [-0.25, -0.2) is 4.79 Å². The Balaban J connectivity index is 1.59. The number of rotatable bonds is 5. The number of hydrogen-bond acceptors (Lipinski definition) is 5. The number of nitrogens with one attached hydrogen (secondary N) is 3. The van der Waals surface area contributed by atoms with Crippen LogP contribution in [-0.2, 0) is 19.1 Å². The Bertz CT molecular complexity index is 504. The summed E-state index contributed by atoms with van der Waals surface area (Å²) in [6.45, 7) is 1.46. The average molecular weight is 323 g/mol. The van der Waals surface area contributed by atoms with E-state index in [0.29, 0.717) is 24.8 Å². The number of methoxy groups -OCH3 is 1. The van der Waals surface area contributed by atoms with E-state index in [4.69, 9.17) is 4.74 Å². The van der Waals surface area contributed by atoms with E-state index in [9.17, 15) is 14.4 Å². The van der Waals surface area contributed by atoms with E-state index in [0.717, 1.165) is 19.4 Å². The first-order valence-electron chi connectivity index (χ1n) is 8.42. The Hall–Kier alpha value is -1.63. The van der Waals surface area contributed by atoms with Crippen LogP contribution in [0.1, 0.15) is 38.5 Å². The van der Waals surface area contributed by atoms with Gasteiger partial charge < -0.3 is 20.7 Å². The number of ether oxygens (including phenoxy) is 1. The number of amides is 2. The SMILES string of the molecule is COC(=O)C(C[C@@H]1CCNC1=O)NC(=O)[C@@H]1CC2(CCN1)CC2. The standard InChI is InChI=1S/C16H25N3O4/c1-23-15(22)11(8-10-2-6-18-13(10)20)19-14(21)12-9-16(3-4-16)5-7-17-12/h10-12,17H,2-9H2,1H3,(H,18,20)(H,19,21)/t10-,11?,12-/m0/s1. The van der Waals surface area contributed by atoms with Crippen molar-refractivity contribution in [3.63, 3.8) is 0 Å². The first-order valence-corrected chi connectivity index (χ1v) is 8.42. The molecule has 23 heavy (non-hydrogen) atoms. The molecule has 1 unspecified atom stereocenters. The summed E-state index contributed by atoms with van der Waals surface area (Å²) in [4.78, 5) is 36.2. The van der Waals surface area contributed by atoms with E-state index in [1.54, 1.807) is 0 Å². The van der Waals surface area contributed by atoms with Crippen molar-refractivity contribution in [3.05, 3.63) is 0 Å². The topological polar surface area (TPSA) is 96.5 Å². The molecule has 2 amide bonds. The minimum absolute atomic E-state index is 0.0547. The molecule has 3 rings (SSSR count). The average Bonchev–Trinajstić information content (AvgIpc) is 3.17. The Morgan fingerprint density at radius 3 is 2.74 bits per heavy atom. The molecule has 3 atom stereocenters. The molecule has 2 aliphatic heterocycles. The number of hydrogen-bond donors (Lipinski definition) is 3. The van der Waals surface area contributed by atoms with Gasteiger partial charge in [0.2, 0.25) is 11.8 Å². The fourth-order valence-electron chi connectivity index (χ4n) is 3.72. The Morgan fingerprint density at radius 1 is 1.35 bits per heavy atom. The van der Waals surface area contributed by atoms with Crippen LogP contribution in [-0.4, -0.2) is 50.1 Å². The summed E-state index contributed by atoms with van der Waals surface area (Å²) < 4.78 is 4.79. The van der Waals surface area contributed by atoms with Crippen molar-refractivity contribution in [1.29, 1.82) is 0 Å². The van der Waals surface area contributed by atoms with Crippen molar-refractivity contribution in [2.45, 2.75) is 50.6 Å². The van der Waals surface area contributed by atoms with Crippen molar-refractivity contribution in [2.24, 2.45) is 11.3 Å². The summed E-state index contributed by atoms with van der Waals surface area (Å²) in [5.41, 5.74) is 0.347. The first-order chi connectivity index (χ1) is 11.0. The molecular weight excluding hydrogens is 298 g/mol. The molecule has 1 aliphatic carbocycles.